The molecule has 0 aliphatic carbocycles. The summed E-state index contributed by atoms with van der Waals surface area (Å²) in [6.07, 6.45) is 2.69. The van der Waals surface area contributed by atoms with E-state index in [-0.39, 0.29) is 10.8 Å². The van der Waals surface area contributed by atoms with E-state index in [9.17, 15) is 13.5 Å². The number of benzene rings is 1. The van der Waals surface area contributed by atoms with Crippen molar-refractivity contribution in [2.24, 2.45) is 0 Å². The lowest BCUT2D eigenvalue weighted by Gasteiger charge is -2.38. The Labute approximate surface area is 160 Å². The second-order valence-electron chi connectivity index (χ2n) is 9.02. The summed E-state index contributed by atoms with van der Waals surface area (Å²) in [5.74, 6) is -0.144. The summed E-state index contributed by atoms with van der Waals surface area (Å²) in [4.78, 5) is 0.295. The van der Waals surface area contributed by atoms with E-state index in [1.165, 1.54) is 0 Å². The first-order chi connectivity index (χ1) is 11.5. The van der Waals surface area contributed by atoms with Gasteiger partial charge in [-0.1, -0.05) is 50.6 Å². The van der Waals surface area contributed by atoms with Gasteiger partial charge >= 0.3 is 0 Å². The van der Waals surface area contributed by atoms with E-state index in [0.29, 0.717) is 4.90 Å². The summed E-state index contributed by atoms with van der Waals surface area (Å²) in [5, 5.41) is 9.95. The SMILES string of the molecule is Cc1ccc(S(=O)(=O)C[C@H](/C=C/C(C)(C)O)O[Si](C)(C)C(C)(C)C)cc1. The van der Waals surface area contributed by atoms with Gasteiger partial charge < -0.3 is 9.53 Å². The number of hydrogen-bond acceptors (Lipinski definition) is 4. The Morgan fingerprint density at radius 2 is 1.62 bits per heavy atom. The molecule has 0 fully saturated rings. The lowest BCUT2D eigenvalue weighted by molar-refractivity contribution is 0.131. The van der Waals surface area contributed by atoms with Crippen LogP contribution in [-0.2, 0) is 14.3 Å². The maximum absolute atomic E-state index is 12.9. The Hall–Kier alpha value is -0.953. The topological polar surface area (TPSA) is 63.6 Å². The normalized spacial score (nSPS) is 15.4. The van der Waals surface area contributed by atoms with Gasteiger partial charge in [-0.2, -0.15) is 0 Å². The highest BCUT2D eigenvalue weighted by atomic mass is 32.2. The average molecular weight is 399 g/mol. The Morgan fingerprint density at radius 3 is 2.04 bits per heavy atom. The van der Waals surface area contributed by atoms with Crippen molar-refractivity contribution in [3.05, 3.63) is 42.0 Å². The van der Waals surface area contributed by atoms with Gasteiger partial charge in [0.25, 0.3) is 0 Å². The lowest BCUT2D eigenvalue weighted by Crippen LogP contribution is -2.45. The molecule has 0 aliphatic heterocycles. The highest BCUT2D eigenvalue weighted by Crippen LogP contribution is 2.37. The van der Waals surface area contributed by atoms with Crippen LogP contribution in [0.5, 0.6) is 0 Å². The smallest absolute Gasteiger partial charge is 0.192 e. The van der Waals surface area contributed by atoms with Gasteiger partial charge in [0, 0.05) is 0 Å². The summed E-state index contributed by atoms with van der Waals surface area (Å²) < 4.78 is 32.0. The van der Waals surface area contributed by atoms with Gasteiger partial charge in [-0.15, -0.1) is 0 Å². The molecule has 0 unspecified atom stereocenters. The third-order valence-electron chi connectivity index (χ3n) is 4.73. The zero-order valence-electron chi connectivity index (χ0n) is 17.3. The molecule has 1 N–H and O–H groups in total. The Kier molecular flexibility index (Phi) is 7.07. The first kappa shape index (κ1) is 23.1. The molecule has 0 spiro atoms. The fourth-order valence-electron chi connectivity index (χ4n) is 2.08. The largest absolute Gasteiger partial charge is 0.410 e. The summed E-state index contributed by atoms with van der Waals surface area (Å²) >= 11 is 0. The number of rotatable bonds is 7. The zero-order chi connectivity index (χ0) is 20.4. The lowest BCUT2D eigenvalue weighted by atomic mass is 10.1. The molecular formula is C20H34O4SSi. The van der Waals surface area contributed by atoms with Crippen molar-refractivity contribution in [2.45, 2.75) is 76.3 Å². The molecule has 148 valence electrons. The van der Waals surface area contributed by atoms with Crippen LogP contribution in [0.1, 0.15) is 40.2 Å². The number of hydrogen-bond donors (Lipinski definition) is 1. The zero-order valence-corrected chi connectivity index (χ0v) is 19.1. The number of aryl methyl sites for hydroxylation is 1. The predicted octanol–water partition coefficient (Wildman–Crippen LogP) is 4.49. The van der Waals surface area contributed by atoms with Gasteiger partial charge in [-0.25, -0.2) is 8.42 Å². The summed E-state index contributed by atoms with van der Waals surface area (Å²) in [5.41, 5.74) is -0.0113. The molecule has 4 nitrogen and oxygen atoms in total. The van der Waals surface area contributed by atoms with Crippen molar-refractivity contribution < 1.29 is 18.0 Å². The Bertz CT molecular complexity index is 721. The molecule has 1 atom stereocenters. The molecule has 0 radical (unpaired) electrons. The van der Waals surface area contributed by atoms with Gasteiger partial charge in [-0.05, 0) is 51.0 Å². The van der Waals surface area contributed by atoms with E-state index in [0.717, 1.165) is 5.56 Å². The van der Waals surface area contributed by atoms with Crippen molar-refractivity contribution in [3.63, 3.8) is 0 Å². The van der Waals surface area contributed by atoms with Crippen LogP contribution in [0.15, 0.2) is 41.3 Å². The van der Waals surface area contributed by atoms with Crippen LogP contribution in [0.3, 0.4) is 0 Å². The van der Waals surface area contributed by atoms with Gasteiger partial charge in [0.15, 0.2) is 18.2 Å². The van der Waals surface area contributed by atoms with Crippen molar-refractivity contribution in [1.29, 1.82) is 0 Å². The molecular weight excluding hydrogens is 364 g/mol. The maximum Gasteiger partial charge on any atom is 0.192 e. The minimum atomic E-state index is -3.50. The molecule has 0 heterocycles. The summed E-state index contributed by atoms with van der Waals surface area (Å²) in [7, 11) is -5.67. The van der Waals surface area contributed by atoms with Gasteiger partial charge in [-0.3, -0.25) is 0 Å². The van der Waals surface area contributed by atoms with E-state index in [1.54, 1.807) is 50.3 Å². The molecule has 0 aliphatic rings. The third kappa shape index (κ3) is 6.99. The van der Waals surface area contributed by atoms with Crippen LogP contribution in [0.2, 0.25) is 18.1 Å². The van der Waals surface area contributed by atoms with Crippen LogP contribution in [-0.4, -0.2) is 39.3 Å². The molecule has 0 bridgehead atoms. The number of aliphatic hydroxyl groups is 1. The predicted molar refractivity (Wildman–Crippen MR) is 111 cm³/mol. The first-order valence-corrected chi connectivity index (χ1v) is 13.5. The summed E-state index contributed by atoms with van der Waals surface area (Å²) in [6, 6.07) is 6.86. The van der Waals surface area contributed by atoms with Crippen molar-refractivity contribution >= 4 is 18.2 Å². The second-order valence-corrected chi connectivity index (χ2v) is 15.8. The minimum Gasteiger partial charge on any atom is -0.410 e. The molecule has 1 aromatic rings. The Morgan fingerprint density at radius 1 is 1.12 bits per heavy atom. The Balaban J connectivity index is 3.16. The highest BCUT2D eigenvalue weighted by molar-refractivity contribution is 7.91. The first-order valence-electron chi connectivity index (χ1n) is 8.92. The third-order valence-corrected chi connectivity index (χ3v) is 11.0. The van der Waals surface area contributed by atoms with Crippen LogP contribution in [0.4, 0.5) is 0 Å². The second kappa shape index (κ2) is 7.96. The summed E-state index contributed by atoms with van der Waals surface area (Å²) in [6.45, 7) is 15.8. The van der Waals surface area contributed by atoms with E-state index in [1.807, 2.05) is 6.92 Å². The van der Waals surface area contributed by atoms with Crippen molar-refractivity contribution in [2.75, 3.05) is 5.75 Å². The van der Waals surface area contributed by atoms with Gasteiger partial charge in [0.2, 0.25) is 0 Å². The minimum absolute atomic E-state index is 0.0402. The van der Waals surface area contributed by atoms with Gasteiger partial charge in [0.05, 0.1) is 22.4 Å². The van der Waals surface area contributed by atoms with Crippen LogP contribution in [0.25, 0.3) is 0 Å². The molecule has 1 aromatic carbocycles. The van der Waals surface area contributed by atoms with E-state index >= 15 is 0 Å². The van der Waals surface area contributed by atoms with E-state index < -0.39 is 29.9 Å². The van der Waals surface area contributed by atoms with Crippen LogP contribution in [0, 0.1) is 6.92 Å². The molecule has 1 rings (SSSR count). The van der Waals surface area contributed by atoms with Crippen molar-refractivity contribution in [3.8, 4) is 0 Å². The fraction of sp³-hybridized carbons (Fsp3) is 0.600. The van der Waals surface area contributed by atoms with Crippen LogP contribution < -0.4 is 0 Å². The quantitative estimate of drug-likeness (QED) is 0.543. The van der Waals surface area contributed by atoms with E-state index in [4.69, 9.17) is 4.43 Å². The highest BCUT2D eigenvalue weighted by Gasteiger charge is 2.39. The molecule has 0 aromatic heterocycles. The monoisotopic (exact) mass is 398 g/mol. The molecule has 6 heteroatoms. The number of sulfone groups is 1. The molecule has 0 saturated carbocycles. The maximum atomic E-state index is 12.9. The fourth-order valence-corrected chi connectivity index (χ4v) is 4.83. The average Bonchev–Trinajstić information content (AvgIpc) is 2.42. The standard InChI is InChI=1S/C20H34O4SSi/c1-16-9-11-18(12-10-16)25(22,23)15-17(13-14-20(5,6)21)24-26(7,8)19(2,3)4/h9-14,17,21H,15H2,1-8H3/b14-13+/t17-/m0/s1. The molecule has 26 heavy (non-hydrogen) atoms. The van der Waals surface area contributed by atoms with Crippen molar-refractivity contribution in [1.82, 2.24) is 0 Å². The molecule has 0 saturated heterocycles. The van der Waals surface area contributed by atoms with Crippen LogP contribution >= 0.6 is 0 Å². The molecule has 0 amide bonds. The van der Waals surface area contributed by atoms with E-state index in [2.05, 4.69) is 33.9 Å². The van der Waals surface area contributed by atoms with Gasteiger partial charge in [0.1, 0.15) is 0 Å².